The first kappa shape index (κ1) is 15.1. The number of carbonyl (C=O) groups excluding carboxylic acids is 1. The van der Waals surface area contributed by atoms with Crippen molar-refractivity contribution < 1.29 is 4.79 Å². The topological polar surface area (TPSA) is 46.3 Å². The number of hydrogen-bond acceptors (Lipinski definition) is 3. The molecule has 0 bridgehead atoms. The van der Waals surface area contributed by atoms with Crippen LogP contribution in [0.3, 0.4) is 0 Å². The van der Waals surface area contributed by atoms with Gasteiger partial charge in [-0.3, -0.25) is 4.79 Å². The fourth-order valence-electron chi connectivity index (χ4n) is 2.82. The molecular formula is C14H24N2OS2. The van der Waals surface area contributed by atoms with E-state index in [2.05, 4.69) is 6.92 Å². The second kappa shape index (κ2) is 6.44. The quantitative estimate of drug-likeness (QED) is 0.813. The van der Waals surface area contributed by atoms with Crippen molar-refractivity contribution in [2.45, 2.75) is 39.0 Å². The van der Waals surface area contributed by atoms with Crippen molar-refractivity contribution >= 4 is 34.9 Å². The molecule has 19 heavy (non-hydrogen) atoms. The highest BCUT2D eigenvalue weighted by Crippen LogP contribution is 2.32. The molecule has 2 rings (SSSR count). The van der Waals surface area contributed by atoms with Gasteiger partial charge in [-0.05, 0) is 43.1 Å². The average molecular weight is 300 g/mol. The van der Waals surface area contributed by atoms with Crippen LogP contribution >= 0.6 is 24.0 Å². The molecule has 2 saturated heterocycles. The van der Waals surface area contributed by atoms with E-state index in [1.165, 1.54) is 24.3 Å². The minimum Gasteiger partial charge on any atom is -0.393 e. The smallest absolute Gasteiger partial charge is 0.222 e. The highest BCUT2D eigenvalue weighted by molar-refractivity contribution is 7.99. The summed E-state index contributed by atoms with van der Waals surface area (Å²) in [7, 11) is 0. The number of amides is 1. The van der Waals surface area contributed by atoms with E-state index in [0.717, 1.165) is 32.4 Å². The summed E-state index contributed by atoms with van der Waals surface area (Å²) in [6.07, 6.45) is 4.97. The number of thiocarbonyl (C=S) groups is 1. The molecule has 2 aliphatic rings. The monoisotopic (exact) mass is 300 g/mol. The maximum Gasteiger partial charge on any atom is 0.222 e. The van der Waals surface area contributed by atoms with E-state index in [1.807, 2.05) is 16.7 Å². The van der Waals surface area contributed by atoms with Gasteiger partial charge in [-0.25, -0.2) is 0 Å². The molecule has 0 aromatic rings. The van der Waals surface area contributed by atoms with Crippen molar-refractivity contribution in [2.75, 3.05) is 24.6 Å². The van der Waals surface area contributed by atoms with Crippen LogP contribution in [-0.4, -0.2) is 40.4 Å². The first-order valence-corrected chi connectivity index (χ1v) is 8.73. The van der Waals surface area contributed by atoms with E-state index in [-0.39, 0.29) is 5.41 Å². The third-order valence-electron chi connectivity index (χ3n) is 4.62. The van der Waals surface area contributed by atoms with Crippen molar-refractivity contribution in [2.24, 2.45) is 17.1 Å². The molecule has 0 spiro atoms. The van der Waals surface area contributed by atoms with Gasteiger partial charge in [0.1, 0.15) is 0 Å². The first-order valence-electron chi connectivity index (χ1n) is 7.17. The van der Waals surface area contributed by atoms with Crippen LogP contribution in [0.15, 0.2) is 0 Å². The second-order valence-corrected chi connectivity index (χ2v) is 7.73. The number of nitrogens with two attached hydrogens (primary N) is 1. The number of rotatable bonds is 3. The SMILES string of the molecule is CC1(C(N)=S)CCN(C(=O)CC2CCSCC2)CC1. The van der Waals surface area contributed by atoms with E-state index in [1.54, 1.807) is 0 Å². The van der Waals surface area contributed by atoms with Gasteiger partial charge in [-0.2, -0.15) is 11.8 Å². The Hall–Kier alpha value is -0.290. The molecule has 0 aromatic heterocycles. The largest absolute Gasteiger partial charge is 0.393 e. The number of carbonyl (C=O) groups is 1. The zero-order chi connectivity index (χ0) is 13.9. The molecule has 3 nitrogen and oxygen atoms in total. The third kappa shape index (κ3) is 3.85. The van der Waals surface area contributed by atoms with Gasteiger partial charge in [0.05, 0.1) is 4.99 Å². The Labute approximate surface area is 125 Å². The molecule has 0 saturated carbocycles. The fourth-order valence-corrected chi connectivity index (χ4v) is 4.23. The summed E-state index contributed by atoms with van der Waals surface area (Å²) < 4.78 is 0. The summed E-state index contributed by atoms with van der Waals surface area (Å²) in [6.45, 7) is 3.75. The first-order chi connectivity index (χ1) is 9.01. The van der Waals surface area contributed by atoms with Crippen molar-refractivity contribution in [1.29, 1.82) is 0 Å². The minimum absolute atomic E-state index is 0.0480. The van der Waals surface area contributed by atoms with E-state index < -0.39 is 0 Å². The molecule has 2 aliphatic heterocycles. The summed E-state index contributed by atoms with van der Waals surface area (Å²) >= 11 is 7.15. The van der Waals surface area contributed by atoms with Crippen LogP contribution in [0.5, 0.6) is 0 Å². The second-order valence-electron chi connectivity index (χ2n) is 6.07. The Balaban J connectivity index is 1.80. The molecule has 0 aliphatic carbocycles. The molecule has 5 heteroatoms. The van der Waals surface area contributed by atoms with Crippen LogP contribution in [0.4, 0.5) is 0 Å². The van der Waals surface area contributed by atoms with Crippen LogP contribution in [-0.2, 0) is 4.79 Å². The van der Waals surface area contributed by atoms with Crippen LogP contribution in [0.1, 0.15) is 39.0 Å². The number of piperidine rings is 1. The maximum atomic E-state index is 12.3. The van der Waals surface area contributed by atoms with Crippen molar-refractivity contribution in [3.63, 3.8) is 0 Å². The van der Waals surface area contributed by atoms with Gasteiger partial charge in [0.2, 0.25) is 5.91 Å². The highest BCUT2D eigenvalue weighted by Gasteiger charge is 2.34. The predicted molar refractivity (Wildman–Crippen MR) is 85.4 cm³/mol. The number of hydrogen-bond donors (Lipinski definition) is 1. The molecule has 2 N–H and O–H groups in total. The Morgan fingerprint density at radius 1 is 1.37 bits per heavy atom. The molecule has 1 amide bonds. The average Bonchev–Trinajstić information content (AvgIpc) is 2.40. The van der Waals surface area contributed by atoms with Gasteiger partial charge in [-0.15, -0.1) is 0 Å². The van der Waals surface area contributed by atoms with Crippen LogP contribution < -0.4 is 5.73 Å². The standard InChI is InChI=1S/C14H24N2OS2/c1-14(13(15)18)4-6-16(7-5-14)12(17)10-11-2-8-19-9-3-11/h11H,2-10H2,1H3,(H2,15,18). The third-order valence-corrected chi connectivity index (χ3v) is 6.16. The Morgan fingerprint density at radius 3 is 2.47 bits per heavy atom. The van der Waals surface area contributed by atoms with E-state index in [4.69, 9.17) is 18.0 Å². The van der Waals surface area contributed by atoms with Gasteiger partial charge in [-0.1, -0.05) is 19.1 Å². The van der Waals surface area contributed by atoms with Gasteiger partial charge >= 0.3 is 0 Å². The molecule has 2 heterocycles. The molecule has 0 radical (unpaired) electrons. The summed E-state index contributed by atoms with van der Waals surface area (Å²) in [5.41, 5.74) is 5.75. The number of thioether (sulfide) groups is 1. The molecule has 0 aromatic carbocycles. The molecule has 0 atom stereocenters. The van der Waals surface area contributed by atoms with E-state index >= 15 is 0 Å². The lowest BCUT2D eigenvalue weighted by Crippen LogP contribution is -2.47. The summed E-state index contributed by atoms with van der Waals surface area (Å²) in [5.74, 6) is 3.38. The zero-order valence-electron chi connectivity index (χ0n) is 11.7. The Morgan fingerprint density at radius 2 is 1.95 bits per heavy atom. The lowest BCUT2D eigenvalue weighted by molar-refractivity contribution is -0.133. The van der Waals surface area contributed by atoms with E-state index in [0.29, 0.717) is 16.8 Å². The number of nitrogens with zero attached hydrogens (tertiary/aromatic N) is 1. The van der Waals surface area contributed by atoms with Gasteiger partial charge in [0.15, 0.2) is 0 Å². The highest BCUT2D eigenvalue weighted by atomic mass is 32.2. The van der Waals surface area contributed by atoms with Crippen LogP contribution in [0.25, 0.3) is 0 Å². The summed E-state index contributed by atoms with van der Waals surface area (Å²) in [4.78, 5) is 14.9. The summed E-state index contributed by atoms with van der Waals surface area (Å²) in [5, 5.41) is 0. The van der Waals surface area contributed by atoms with Crippen molar-refractivity contribution in [1.82, 2.24) is 4.90 Å². The lowest BCUT2D eigenvalue weighted by atomic mass is 9.80. The van der Waals surface area contributed by atoms with E-state index in [9.17, 15) is 4.79 Å². The molecular weight excluding hydrogens is 276 g/mol. The van der Waals surface area contributed by atoms with Gasteiger partial charge in [0.25, 0.3) is 0 Å². The zero-order valence-corrected chi connectivity index (χ0v) is 13.3. The van der Waals surface area contributed by atoms with Crippen molar-refractivity contribution in [3.8, 4) is 0 Å². The maximum absolute atomic E-state index is 12.3. The van der Waals surface area contributed by atoms with Gasteiger partial charge in [0, 0.05) is 24.9 Å². The molecule has 0 unspecified atom stereocenters. The minimum atomic E-state index is -0.0480. The van der Waals surface area contributed by atoms with Crippen LogP contribution in [0.2, 0.25) is 0 Å². The summed E-state index contributed by atoms with van der Waals surface area (Å²) in [6, 6.07) is 0. The normalized spacial score (nSPS) is 24.2. The predicted octanol–water partition coefficient (Wildman–Crippen LogP) is 2.43. The lowest BCUT2D eigenvalue weighted by Gasteiger charge is -2.39. The fraction of sp³-hybridized carbons (Fsp3) is 0.857. The van der Waals surface area contributed by atoms with Crippen LogP contribution in [0, 0.1) is 11.3 Å². The van der Waals surface area contributed by atoms with Gasteiger partial charge < -0.3 is 10.6 Å². The number of likely N-dealkylation sites (tertiary alicyclic amines) is 1. The Kier molecular flexibility index (Phi) is 5.12. The molecule has 2 fully saturated rings. The molecule has 108 valence electrons. The van der Waals surface area contributed by atoms with Crippen molar-refractivity contribution in [3.05, 3.63) is 0 Å². The Bertz CT molecular complexity index is 345.